The number of nitrogens with zero attached hydrogens (tertiary/aromatic N) is 2. The molecular formula is C28H20ClF5N4O4. The first kappa shape index (κ1) is 27.9. The van der Waals surface area contributed by atoms with E-state index in [1.54, 1.807) is 0 Å². The molecule has 0 saturated carbocycles. The molecule has 3 heterocycles. The highest BCUT2D eigenvalue weighted by Crippen LogP contribution is 2.49. The van der Waals surface area contributed by atoms with Gasteiger partial charge in [-0.3, -0.25) is 14.5 Å². The van der Waals surface area contributed by atoms with Crippen molar-refractivity contribution in [2.24, 2.45) is 0 Å². The number of rotatable bonds is 3. The highest BCUT2D eigenvalue weighted by molar-refractivity contribution is 6.31. The number of anilines is 3. The minimum atomic E-state index is -5.25. The van der Waals surface area contributed by atoms with Crippen molar-refractivity contribution in [3.05, 3.63) is 87.4 Å². The van der Waals surface area contributed by atoms with E-state index in [0.717, 1.165) is 24.3 Å². The second-order valence-electron chi connectivity index (χ2n) is 10.2. The van der Waals surface area contributed by atoms with Gasteiger partial charge in [-0.25, -0.2) is 13.6 Å². The van der Waals surface area contributed by atoms with Crippen LogP contribution in [0.25, 0.3) is 0 Å². The van der Waals surface area contributed by atoms with Crippen LogP contribution in [-0.4, -0.2) is 42.2 Å². The molecule has 1 fully saturated rings. The molecule has 4 amide bonds. The Hall–Kier alpha value is -4.23. The number of urea groups is 1. The monoisotopic (exact) mass is 606 g/mol. The van der Waals surface area contributed by atoms with E-state index in [2.05, 4.69) is 10.6 Å². The van der Waals surface area contributed by atoms with Crippen molar-refractivity contribution >= 4 is 46.5 Å². The van der Waals surface area contributed by atoms with Crippen molar-refractivity contribution in [3.8, 4) is 0 Å². The Kier molecular flexibility index (Phi) is 6.42. The van der Waals surface area contributed by atoms with Gasteiger partial charge in [0.25, 0.3) is 5.91 Å². The van der Waals surface area contributed by atoms with Crippen molar-refractivity contribution in [2.45, 2.75) is 30.7 Å². The second-order valence-corrected chi connectivity index (χ2v) is 10.6. The summed E-state index contributed by atoms with van der Waals surface area (Å²) in [5.41, 5.74) is -4.27. The average Bonchev–Trinajstić information content (AvgIpc) is 3.59. The maximum atomic E-state index is 14.2. The van der Waals surface area contributed by atoms with Crippen LogP contribution in [0, 0.1) is 11.6 Å². The van der Waals surface area contributed by atoms with Crippen molar-refractivity contribution in [1.29, 1.82) is 0 Å². The molecule has 8 nitrogen and oxygen atoms in total. The molecule has 14 heteroatoms. The van der Waals surface area contributed by atoms with Gasteiger partial charge in [0.05, 0.1) is 24.0 Å². The number of fused-ring (bicyclic) bond motifs is 2. The van der Waals surface area contributed by atoms with Crippen LogP contribution >= 0.6 is 11.6 Å². The van der Waals surface area contributed by atoms with Crippen LogP contribution in [0.2, 0.25) is 5.02 Å². The number of hydrogen-bond acceptors (Lipinski definition) is 4. The number of halogens is 6. The van der Waals surface area contributed by atoms with Crippen LogP contribution in [0.4, 0.5) is 43.8 Å². The normalized spacial score (nSPS) is 21.5. The van der Waals surface area contributed by atoms with E-state index in [4.69, 9.17) is 11.6 Å². The lowest BCUT2D eigenvalue weighted by atomic mass is 9.95. The SMILES string of the molecule is O=C1N[C@@H](c2cc(F)ccc2Cl)c2c(NC(=O)N3C[C@@](O)(C(F)(F)F)c4cc(F)ccc43)cc(N3CCCC3=O)cc21. The number of carbonyl (C=O) groups is 3. The summed E-state index contributed by atoms with van der Waals surface area (Å²) in [6.07, 6.45) is -4.45. The Labute approximate surface area is 239 Å². The van der Waals surface area contributed by atoms with E-state index in [9.17, 15) is 41.4 Å². The van der Waals surface area contributed by atoms with E-state index in [1.807, 2.05) is 0 Å². The summed E-state index contributed by atoms with van der Waals surface area (Å²) in [5.74, 6) is -2.55. The third kappa shape index (κ3) is 4.34. The number of alkyl halides is 3. The zero-order valence-electron chi connectivity index (χ0n) is 21.4. The highest BCUT2D eigenvalue weighted by atomic mass is 35.5. The molecule has 0 aliphatic carbocycles. The number of nitrogens with one attached hydrogen (secondary N) is 2. The lowest BCUT2D eigenvalue weighted by Gasteiger charge is -2.27. The minimum Gasteiger partial charge on any atom is -0.375 e. The van der Waals surface area contributed by atoms with E-state index in [0.29, 0.717) is 23.9 Å². The zero-order chi connectivity index (χ0) is 30.1. The molecule has 3 N–H and O–H groups in total. The Balaban J connectivity index is 1.46. The van der Waals surface area contributed by atoms with Crippen LogP contribution in [0.1, 0.15) is 45.9 Å². The fourth-order valence-corrected chi connectivity index (χ4v) is 5.87. The smallest absolute Gasteiger partial charge is 0.375 e. The maximum absolute atomic E-state index is 14.2. The molecule has 2 atom stereocenters. The Morgan fingerprint density at radius 3 is 2.48 bits per heavy atom. The Morgan fingerprint density at radius 1 is 1.07 bits per heavy atom. The van der Waals surface area contributed by atoms with Gasteiger partial charge in [-0.1, -0.05) is 11.6 Å². The predicted molar refractivity (Wildman–Crippen MR) is 141 cm³/mol. The maximum Gasteiger partial charge on any atom is 0.423 e. The molecule has 3 aromatic rings. The molecule has 42 heavy (non-hydrogen) atoms. The molecule has 0 unspecified atom stereocenters. The molecule has 0 radical (unpaired) electrons. The quantitative estimate of drug-likeness (QED) is 0.349. The van der Waals surface area contributed by atoms with E-state index >= 15 is 0 Å². The number of carbonyl (C=O) groups excluding carboxylic acids is 3. The second kappa shape index (κ2) is 9.66. The molecule has 0 aromatic heterocycles. The van der Waals surface area contributed by atoms with Crippen molar-refractivity contribution < 1.29 is 41.4 Å². The summed E-state index contributed by atoms with van der Waals surface area (Å²) < 4.78 is 70.0. The lowest BCUT2D eigenvalue weighted by molar-refractivity contribution is -0.258. The predicted octanol–water partition coefficient (Wildman–Crippen LogP) is 5.38. The van der Waals surface area contributed by atoms with E-state index in [1.165, 1.54) is 23.1 Å². The van der Waals surface area contributed by atoms with Crippen LogP contribution in [-0.2, 0) is 10.4 Å². The van der Waals surface area contributed by atoms with E-state index < -0.39 is 53.5 Å². The number of hydrogen-bond donors (Lipinski definition) is 3. The topological polar surface area (TPSA) is 102 Å². The molecule has 1 saturated heterocycles. The van der Waals surface area contributed by atoms with Crippen molar-refractivity contribution in [3.63, 3.8) is 0 Å². The van der Waals surface area contributed by atoms with Gasteiger partial charge < -0.3 is 20.6 Å². The summed E-state index contributed by atoms with van der Waals surface area (Å²) in [6, 6.07) is 6.42. The molecule has 218 valence electrons. The third-order valence-corrected chi connectivity index (χ3v) is 8.01. The summed E-state index contributed by atoms with van der Waals surface area (Å²) in [5, 5.41) is 15.9. The Bertz CT molecular complexity index is 1680. The van der Waals surface area contributed by atoms with Crippen LogP contribution in [0.3, 0.4) is 0 Å². The number of benzene rings is 3. The lowest BCUT2D eigenvalue weighted by Crippen LogP contribution is -2.48. The van der Waals surface area contributed by atoms with E-state index in [-0.39, 0.29) is 51.1 Å². The molecule has 3 aromatic carbocycles. The van der Waals surface area contributed by atoms with Gasteiger partial charge in [0.2, 0.25) is 11.5 Å². The molecule has 0 spiro atoms. The zero-order valence-corrected chi connectivity index (χ0v) is 22.1. The average molecular weight is 607 g/mol. The summed E-state index contributed by atoms with van der Waals surface area (Å²) >= 11 is 6.32. The van der Waals surface area contributed by atoms with Gasteiger partial charge >= 0.3 is 12.2 Å². The molecule has 3 aliphatic rings. The van der Waals surface area contributed by atoms with Gasteiger partial charge in [0.15, 0.2) is 0 Å². The fourth-order valence-electron chi connectivity index (χ4n) is 5.65. The van der Waals surface area contributed by atoms with Crippen LogP contribution in [0.5, 0.6) is 0 Å². The van der Waals surface area contributed by atoms with Crippen LogP contribution in [0.15, 0.2) is 48.5 Å². The van der Waals surface area contributed by atoms with Gasteiger partial charge in [-0.2, -0.15) is 13.2 Å². The first-order chi connectivity index (χ1) is 19.8. The summed E-state index contributed by atoms with van der Waals surface area (Å²) in [7, 11) is 0. The molecule has 0 bridgehead atoms. The standard InChI is InChI=1S/C28H20ClF5N4O4/c29-19-5-3-13(30)8-16(19)24-23-17(25(40)36-24)10-15(37-7-1-2-22(37)39)11-20(23)35-26(41)38-12-27(42,28(32,33)34)18-9-14(31)4-6-21(18)38/h3-6,8-11,24,42H,1-2,7,12H2,(H,35,41)(H,36,40)/t24-,27-/m0/s1. The largest absolute Gasteiger partial charge is 0.423 e. The van der Waals surface area contributed by atoms with Gasteiger partial charge in [0, 0.05) is 45.9 Å². The molecule has 3 aliphatic heterocycles. The third-order valence-electron chi connectivity index (χ3n) is 7.67. The first-order valence-electron chi connectivity index (χ1n) is 12.7. The summed E-state index contributed by atoms with van der Waals surface area (Å²) in [6.45, 7) is -0.945. The fraction of sp³-hybridized carbons (Fsp3) is 0.250. The molecule has 6 rings (SSSR count). The minimum absolute atomic E-state index is 0.0310. The van der Waals surface area contributed by atoms with Gasteiger partial charge in [-0.05, 0) is 55.0 Å². The first-order valence-corrected chi connectivity index (χ1v) is 13.1. The van der Waals surface area contributed by atoms with Crippen molar-refractivity contribution in [2.75, 3.05) is 28.2 Å². The number of aliphatic hydroxyl groups is 1. The van der Waals surface area contributed by atoms with Crippen molar-refractivity contribution in [1.82, 2.24) is 5.32 Å². The van der Waals surface area contributed by atoms with Gasteiger partial charge in [-0.15, -0.1) is 0 Å². The Morgan fingerprint density at radius 2 is 1.79 bits per heavy atom. The van der Waals surface area contributed by atoms with Gasteiger partial charge in [0.1, 0.15) is 11.6 Å². The highest BCUT2D eigenvalue weighted by Gasteiger charge is 2.61. The summed E-state index contributed by atoms with van der Waals surface area (Å²) in [4.78, 5) is 41.2. The molecular weight excluding hydrogens is 587 g/mol. The van der Waals surface area contributed by atoms with Crippen LogP contribution < -0.4 is 20.4 Å². The number of amides is 4. The number of β-amino-alcohol motifs (C(OH)–C–C–N with tert-alkyl or cyclic N) is 1.